The highest BCUT2D eigenvalue weighted by Gasteiger charge is 2.33. The Balaban J connectivity index is 1.63. The molecule has 1 aliphatic rings. The number of carbonyl (C=O) groups is 1. The zero-order valence-electron chi connectivity index (χ0n) is 14.7. The molecule has 4 rings (SSSR count). The van der Waals surface area contributed by atoms with Gasteiger partial charge in [0.25, 0.3) is 0 Å². The van der Waals surface area contributed by atoms with E-state index < -0.39 is 17.6 Å². The first-order valence-electron chi connectivity index (χ1n) is 8.46. The Morgan fingerprint density at radius 3 is 2.96 bits per heavy atom. The molecular formula is C18H15ClF2N4O2S. The molecule has 1 atom stereocenters. The number of amides is 1. The average Bonchev–Trinajstić information content (AvgIpc) is 3.35. The van der Waals surface area contributed by atoms with E-state index in [1.165, 1.54) is 18.5 Å². The van der Waals surface area contributed by atoms with Crippen molar-refractivity contribution in [3.05, 3.63) is 63.0 Å². The SMILES string of the molecule is Cn1c(CC(=O)Nc2ncco2)c2n(c1=S)C[C@H](c1c(F)ccc(Cl)c1F)C2. The molecule has 146 valence electrons. The van der Waals surface area contributed by atoms with E-state index in [4.69, 9.17) is 28.2 Å². The molecule has 1 aliphatic heterocycles. The minimum atomic E-state index is -0.754. The summed E-state index contributed by atoms with van der Waals surface area (Å²) in [5, 5.41) is 2.43. The highest BCUT2D eigenvalue weighted by molar-refractivity contribution is 7.71. The molecule has 6 nitrogen and oxygen atoms in total. The molecule has 3 aromatic rings. The second-order valence-corrected chi connectivity index (χ2v) is 7.34. The van der Waals surface area contributed by atoms with Gasteiger partial charge in [0.05, 0.1) is 17.6 Å². The number of hydrogen-bond acceptors (Lipinski definition) is 4. The Bertz CT molecular complexity index is 1120. The molecule has 2 aromatic heterocycles. The molecule has 3 heterocycles. The predicted molar refractivity (Wildman–Crippen MR) is 101 cm³/mol. The van der Waals surface area contributed by atoms with Crippen molar-refractivity contribution in [2.24, 2.45) is 7.05 Å². The fourth-order valence-electron chi connectivity index (χ4n) is 3.63. The number of oxazole rings is 1. The molecule has 0 saturated carbocycles. The van der Waals surface area contributed by atoms with Crippen molar-refractivity contribution in [3.63, 3.8) is 0 Å². The van der Waals surface area contributed by atoms with Gasteiger partial charge in [-0.05, 0) is 30.8 Å². The summed E-state index contributed by atoms with van der Waals surface area (Å²) in [6.45, 7) is 0.317. The van der Waals surface area contributed by atoms with Crippen LogP contribution in [-0.4, -0.2) is 20.0 Å². The van der Waals surface area contributed by atoms with Crippen LogP contribution in [0.25, 0.3) is 0 Å². The molecule has 0 saturated heterocycles. The monoisotopic (exact) mass is 424 g/mol. The number of anilines is 1. The number of imidazole rings is 1. The molecule has 0 spiro atoms. The summed E-state index contributed by atoms with van der Waals surface area (Å²) < 4.78 is 37.8. The van der Waals surface area contributed by atoms with Gasteiger partial charge in [0.2, 0.25) is 5.91 Å². The molecular weight excluding hydrogens is 410 g/mol. The number of benzene rings is 1. The maximum Gasteiger partial charge on any atom is 0.301 e. The summed E-state index contributed by atoms with van der Waals surface area (Å²) in [7, 11) is 1.76. The van der Waals surface area contributed by atoms with Gasteiger partial charge in [-0.1, -0.05) is 11.6 Å². The van der Waals surface area contributed by atoms with Gasteiger partial charge in [0.15, 0.2) is 4.77 Å². The van der Waals surface area contributed by atoms with Gasteiger partial charge < -0.3 is 13.6 Å². The molecule has 0 unspecified atom stereocenters. The second kappa shape index (κ2) is 7.14. The van der Waals surface area contributed by atoms with Crippen molar-refractivity contribution in [2.45, 2.75) is 25.3 Å². The van der Waals surface area contributed by atoms with E-state index >= 15 is 0 Å². The first kappa shape index (κ1) is 18.8. The first-order chi connectivity index (χ1) is 13.4. The van der Waals surface area contributed by atoms with Crippen LogP contribution in [0, 0.1) is 16.4 Å². The minimum Gasteiger partial charge on any atom is -0.432 e. The van der Waals surface area contributed by atoms with Gasteiger partial charge >= 0.3 is 6.01 Å². The highest BCUT2D eigenvalue weighted by Crippen LogP contribution is 2.37. The smallest absolute Gasteiger partial charge is 0.301 e. The molecule has 0 aliphatic carbocycles. The van der Waals surface area contributed by atoms with Crippen LogP contribution in [0.15, 0.2) is 29.0 Å². The standard InChI is InChI=1S/C18H15ClF2N4O2S/c1-24-12(7-14(26)23-17-22-4-5-27-17)13-6-9(8-25(13)18(24)28)15-11(20)3-2-10(19)16(15)21/h2-5,9H,6-8H2,1H3,(H,22,23,26)/t9-/m1/s1. The Hall–Kier alpha value is -2.52. The van der Waals surface area contributed by atoms with Crippen molar-refractivity contribution < 1.29 is 18.0 Å². The van der Waals surface area contributed by atoms with Crippen molar-refractivity contribution >= 4 is 35.7 Å². The lowest BCUT2D eigenvalue weighted by Crippen LogP contribution is -2.17. The van der Waals surface area contributed by atoms with Crippen molar-refractivity contribution in [2.75, 3.05) is 5.32 Å². The number of nitrogens with one attached hydrogen (secondary N) is 1. The Kier molecular flexibility index (Phi) is 4.80. The second-order valence-electron chi connectivity index (χ2n) is 6.57. The van der Waals surface area contributed by atoms with E-state index in [1.54, 1.807) is 11.6 Å². The van der Waals surface area contributed by atoms with Crippen LogP contribution in [0.5, 0.6) is 0 Å². The lowest BCUT2D eigenvalue weighted by molar-refractivity contribution is -0.115. The zero-order valence-corrected chi connectivity index (χ0v) is 16.3. The Labute approximate surface area is 168 Å². The highest BCUT2D eigenvalue weighted by atomic mass is 35.5. The van der Waals surface area contributed by atoms with Crippen LogP contribution in [0.4, 0.5) is 14.8 Å². The summed E-state index contributed by atoms with van der Waals surface area (Å²) in [4.78, 5) is 16.2. The van der Waals surface area contributed by atoms with Crippen molar-refractivity contribution in [1.82, 2.24) is 14.1 Å². The molecule has 1 amide bonds. The average molecular weight is 425 g/mol. The number of aromatic nitrogens is 3. The molecule has 10 heteroatoms. The number of fused-ring (bicyclic) bond motifs is 1. The fraction of sp³-hybridized carbons (Fsp3) is 0.278. The van der Waals surface area contributed by atoms with Crippen LogP contribution in [0.2, 0.25) is 5.02 Å². The molecule has 0 radical (unpaired) electrons. The number of nitrogens with zero attached hydrogens (tertiary/aromatic N) is 3. The summed E-state index contributed by atoms with van der Waals surface area (Å²) in [5.41, 5.74) is 1.40. The third-order valence-corrected chi connectivity index (χ3v) is 5.70. The van der Waals surface area contributed by atoms with Crippen LogP contribution >= 0.6 is 23.8 Å². The van der Waals surface area contributed by atoms with Crippen LogP contribution in [0.1, 0.15) is 22.9 Å². The van der Waals surface area contributed by atoms with E-state index in [0.717, 1.165) is 11.8 Å². The maximum absolute atomic E-state index is 14.5. The topological polar surface area (TPSA) is 65.0 Å². The largest absolute Gasteiger partial charge is 0.432 e. The zero-order chi connectivity index (χ0) is 20.0. The van der Waals surface area contributed by atoms with Gasteiger partial charge in [0, 0.05) is 36.5 Å². The molecule has 28 heavy (non-hydrogen) atoms. The molecule has 1 aromatic carbocycles. The van der Waals surface area contributed by atoms with Gasteiger partial charge in [-0.2, -0.15) is 0 Å². The van der Waals surface area contributed by atoms with Crippen LogP contribution < -0.4 is 5.32 Å². The third kappa shape index (κ3) is 3.14. The number of hydrogen-bond donors (Lipinski definition) is 1. The quantitative estimate of drug-likeness (QED) is 0.508. The summed E-state index contributed by atoms with van der Waals surface area (Å²) in [6.07, 6.45) is 3.15. The van der Waals surface area contributed by atoms with Gasteiger partial charge in [-0.25, -0.2) is 13.8 Å². The molecule has 1 N–H and O–H groups in total. The van der Waals surface area contributed by atoms with Gasteiger partial charge in [0.1, 0.15) is 17.9 Å². The van der Waals surface area contributed by atoms with E-state index in [1.807, 2.05) is 4.57 Å². The lowest BCUT2D eigenvalue weighted by Gasteiger charge is -2.14. The summed E-state index contributed by atoms with van der Waals surface area (Å²) in [6, 6.07) is 2.46. The van der Waals surface area contributed by atoms with Gasteiger partial charge in [-0.3, -0.25) is 10.1 Å². The number of halogens is 3. The Morgan fingerprint density at radius 2 is 2.25 bits per heavy atom. The van der Waals surface area contributed by atoms with Crippen molar-refractivity contribution in [3.8, 4) is 0 Å². The maximum atomic E-state index is 14.5. The normalized spacial score (nSPS) is 15.6. The minimum absolute atomic E-state index is 0.0259. The lowest BCUT2D eigenvalue weighted by atomic mass is 9.95. The molecule has 0 fully saturated rings. The van der Waals surface area contributed by atoms with Crippen LogP contribution in [0.3, 0.4) is 0 Å². The summed E-state index contributed by atoms with van der Waals surface area (Å²) >= 11 is 11.3. The predicted octanol–water partition coefficient (Wildman–Crippen LogP) is 4.00. The summed E-state index contributed by atoms with van der Waals surface area (Å²) in [5.74, 6) is -2.18. The van der Waals surface area contributed by atoms with Crippen molar-refractivity contribution in [1.29, 1.82) is 0 Å². The van der Waals surface area contributed by atoms with E-state index in [9.17, 15) is 13.6 Å². The Morgan fingerprint density at radius 1 is 1.46 bits per heavy atom. The third-order valence-electron chi connectivity index (χ3n) is 4.92. The van der Waals surface area contributed by atoms with E-state index in [-0.39, 0.29) is 28.9 Å². The first-order valence-corrected chi connectivity index (χ1v) is 9.25. The molecule has 0 bridgehead atoms. The number of carbonyl (C=O) groups excluding carboxylic acids is 1. The van der Waals surface area contributed by atoms with Crippen LogP contribution in [-0.2, 0) is 31.2 Å². The van der Waals surface area contributed by atoms with Gasteiger partial charge in [-0.15, -0.1) is 0 Å². The fourth-order valence-corrected chi connectivity index (χ4v) is 4.09. The number of rotatable bonds is 4. The van der Waals surface area contributed by atoms with E-state index in [0.29, 0.717) is 23.4 Å². The van der Waals surface area contributed by atoms with E-state index in [2.05, 4.69) is 10.3 Å².